The monoisotopic (exact) mass is 665 g/mol. The van der Waals surface area contributed by atoms with E-state index in [1.165, 1.54) is 11.3 Å². The van der Waals surface area contributed by atoms with E-state index in [0.717, 1.165) is 41.6 Å². The molecule has 1 aliphatic carbocycles. The maximum Gasteiger partial charge on any atom is 0.278 e. The molecule has 1 aromatic heterocycles. The van der Waals surface area contributed by atoms with E-state index in [4.69, 9.17) is 9.57 Å². The minimum atomic E-state index is -1.19. The van der Waals surface area contributed by atoms with Crippen LogP contribution in [0.5, 0.6) is 10.9 Å². The lowest BCUT2D eigenvalue weighted by atomic mass is 10.0. The highest BCUT2D eigenvalue weighted by molar-refractivity contribution is 7.20. The summed E-state index contributed by atoms with van der Waals surface area (Å²) in [6, 6.07) is 25.1. The van der Waals surface area contributed by atoms with Gasteiger partial charge in [0.15, 0.2) is 5.75 Å². The molecular formula is C37H39N5O5S. The first kappa shape index (κ1) is 31.7. The molecule has 5 atom stereocenters. The van der Waals surface area contributed by atoms with E-state index < -0.39 is 35.5 Å². The van der Waals surface area contributed by atoms with Crippen molar-refractivity contribution in [2.45, 2.75) is 68.7 Å². The van der Waals surface area contributed by atoms with Crippen molar-refractivity contribution in [3.05, 3.63) is 97.1 Å². The van der Waals surface area contributed by atoms with Crippen molar-refractivity contribution in [2.75, 3.05) is 11.9 Å². The average Bonchev–Trinajstić information content (AvgIpc) is 3.41. The quantitative estimate of drug-likeness (QED) is 0.173. The number of fused-ring (bicyclic) bond motifs is 3. The van der Waals surface area contributed by atoms with Gasteiger partial charge in [0, 0.05) is 18.0 Å². The summed E-state index contributed by atoms with van der Waals surface area (Å²) in [6.07, 6.45) is 8.61. The summed E-state index contributed by atoms with van der Waals surface area (Å²) in [6.45, 7) is 0.222. The van der Waals surface area contributed by atoms with E-state index in [1.807, 2.05) is 78.9 Å². The molecule has 10 nitrogen and oxygen atoms in total. The molecular weight excluding hydrogens is 627 g/mol. The number of aromatic nitrogens is 1. The molecule has 4 aromatic rings. The van der Waals surface area contributed by atoms with Crippen LogP contribution in [0.1, 0.15) is 44.9 Å². The number of carbonyl (C=O) groups excluding carboxylic acids is 3. The van der Waals surface area contributed by atoms with Crippen LogP contribution in [0.15, 0.2) is 97.1 Å². The van der Waals surface area contributed by atoms with Gasteiger partial charge in [-0.05, 0) is 62.1 Å². The number of hydrogen-bond donors (Lipinski definition) is 3. The Labute approximate surface area is 283 Å². The van der Waals surface area contributed by atoms with E-state index >= 15 is 0 Å². The molecule has 0 unspecified atom stereocenters. The fraction of sp³-hybridized carbons (Fsp3) is 0.351. The minimum Gasteiger partial charge on any atom is -0.465 e. The summed E-state index contributed by atoms with van der Waals surface area (Å²) in [7, 11) is 0. The van der Waals surface area contributed by atoms with Crippen LogP contribution in [0.25, 0.3) is 10.2 Å². The molecule has 2 fully saturated rings. The van der Waals surface area contributed by atoms with Gasteiger partial charge in [-0.25, -0.2) is 4.98 Å². The van der Waals surface area contributed by atoms with E-state index in [9.17, 15) is 14.4 Å². The van der Waals surface area contributed by atoms with Crippen molar-refractivity contribution in [3.63, 3.8) is 0 Å². The summed E-state index contributed by atoms with van der Waals surface area (Å²) in [5, 5.41) is 7.01. The zero-order chi connectivity index (χ0) is 32.9. The Bertz CT molecular complexity index is 1750. The lowest BCUT2D eigenvalue weighted by Gasteiger charge is -2.30. The first-order chi connectivity index (χ1) is 23.5. The molecule has 7 rings (SSSR count). The number of hydroxylamine groups is 1. The fourth-order valence-corrected chi connectivity index (χ4v) is 7.51. The number of anilines is 1. The second-order valence-corrected chi connectivity index (χ2v) is 13.7. The topological polar surface area (TPSA) is 122 Å². The summed E-state index contributed by atoms with van der Waals surface area (Å²) in [5.74, 6) is -0.699. The van der Waals surface area contributed by atoms with Gasteiger partial charge in [0.25, 0.3) is 11.1 Å². The van der Waals surface area contributed by atoms with Gasteiger partial charge >= 0.3 is 0 Å². The Kier molecular flexibility index (Phi) is 9.29. The maximum atomic E-state index is 14.4. The third-order valence-electron chi connectivity index (χ3n) is 9.31. The molecule has 3 aromatic carbocycles. The average molecular weight is 666 g/mol. The number of nitrogens with zero attached hydrogens (tertiary/aromatic N) is 2. The van der Waals surface area contributed by atoms with Crippen molar-refractivity contribution in [1.82, 2.24) is 20.7 Å². The minimum absolute atomic E-state index is 0.166. The number of rotatable bonds is 7. The third kappa shape index (κ3) is 7.01. The second-order valence-electron chi connectivity index (χ2n) is 12.7. The molecule has 1 saturated heterocycles. The number of benzene rings is 3. The van der Waals surface area contributed by atoms with Crippen LogP contribution in [0.4, 0.5) is 5.69 Å². The molecule has 3 aliphatic rings. The molecule has 0 bridgehead atoms. The van der Waals surface area contributed by atoms with E-state index in [-0.39, 0.29) is 24.8 Å². The lowest BCUT2D eigenvalue weighted by Crippen LogP contribution is -2.57. The van der Waals surface area contributed by atoms with E-state index in [1.54, 1.807) is 17.0 Å². The maximum absolute atomic E-state index is 14.4. The highest BCUT2D eigenvalue weighted by Crippen LogP contribution is 2.45. The SMILES string of the molecule is O=C1N[C@]2(C(=O)NOc3ccccc3)C[C@H]2C=CCCCCC[C@H](Nc2ccccc2)C(=O)N2C[C@H](Oc3nc4ccccc4s3)C[C@@H]12. The van der Waals surface area contributed by atoms with Crippen LogP contribution >= 0.6 is 11.3 Å². The molecule has 248 valence electrons. The van der Waals surface area contributed by atoms with Gasteiger partial charge in [0.2, 0.25) is 11.8 Å². The number of thiazole rings is 1. The first-order valence-electron chi connectivity index (χ1n) is 16.6. The highest BCUT2D eigenvalue weighted by atomic mass is 32.1. The third-order valence-corrected chi connectivity index (χ3v) is 10.2. The van der Waals surface area contributed by atoms with Crippen LogP contribution < -0.4 is 25.7 Å². The molecule has 3 amide bonds. The molecule has 0 radical (unpaired) electrons. The Morgan fingerprint density at radius 1 is 0.958 bits per heavy atom. The van der Waals surface area contributed by atoms with Gasteiger partial charge in [-0.15, -0.1) is 0 Å². The number of amides is 3. The lowest BCUT2D eigenvalue weighted by molar-refractivity contribution is -0.141. The van der Waals surface area contributed by atoms with Crippen molar-refractivity contribution in [2.24, 2.45) is 5.92 Å². The predicted molar refractivity (Wildman–Crippen MR) is 184 cm³/mol. The highest BCUT2D eigenvalue weighted by Gasteiger charge is 2.61. The standard InChI is InChI=1S/C37H39N5O5S/c43-33-31-22-28(46-36-39-29-19-12-13-21-32(29)48-36)24-42(31)34(44)30(38-26-15-7-4-8-16-26)20-11-3-1-2-6-14-25-23-37(25,40-33)35(45)41-47-27-17-9-5-10-18-27/h4-10,12-19,21,25,28,30-31,38H,1-3,11,20,22-24H2,(H,40,43)(H,41,45)/t25-,28-,30+,31+,37-/m1/s1. The number of hydrogen-bond acceptors (Lipinski definition) is 8. The molecule has 2 aliphatic heterocycles. The van der Waals surface area contributed by atoms with Crippen LogP contribution in [0, 0.1) is 5.92 Å². The zero-order valence-corrected chi connectivity index (χ0v) is 27.4. The molecule has 3 N–H and O–H groups in total. The first-order valence-corrected chi connectivity index (χ1v) is 17.5. The van der Waals surface area contributed by atoms with Gasteiger partial charge < -0.3 is 25.1 Å². The predicted octanol–water partition coefficient (Wildman–Crippen LogP) is 5.63. The molecule has 11 heteroatoms. The van der Waals surface area contributed by atoms with Crippen LogP contribution in [0.2, 0.25) is 0 Å². The largest absolute Gasteiger partial charge is 0.465 e. The van der Waals surface area contributed by atoms with Crippen LogP contribution in [-0.4, -0.2) is 57.9 Å². The number of carbonyl (C=O) groups is 3. The molecule has 3 heterocycles. The van der Waals surface area contributed by atoms with Crippen LogP contribution in [0.3, 0.4) is 0 Å². The summed E-state index contributed by atoms with van der Waals surface area (Å²) in [4.78, 5) is 54.2. The fourth-order valence-electron chi connectivity index (χ4n) is 6.63. The Hall–Kier alpha value is -4.90. The molecule has 48 heavy (non-hydrogen) atoms. The van der Waals surface area contributed by atoms with Gasteiger partial charge in [-0.1, -0.05) is 84.9 Å². The summed E-state index contributed by atoms with van der Waals surface area (Å²) >= 11 is 1.44. The Morgan fingerprint density at radius 3 is 2.54 bits per heavy atom. The second kappa shape index (κ2) is 14.1. The summed E-state index contributed by atoms with van der Waals surface area (Å²) < 4.78 is 7.35. The Balaban J connectivity index is 1.16. The van der Waals surface area contributed by atoms with Crippen molar-refractivity contribution in [1.29, 1.82) is 0 Å². The van der Waals surface area contributed by atoms with Crippen molar-refractivity contribution < 1.29 is 24.0 Å². The van der Waals surface area contributed by atoms with Gasteiger partial charge in [-0.2, -0.15) is 5.48 Å². The van der Waals surface area contributed by atoms with Crippen molar-refractivity contribution in [3.8, 4) is 10.9 Å². The number of para-hydroxylation sites is 3. The van der Waals surface area contributed by atoms with Crippen molar-refractivity contribution >= 4 is 45.0 Å². The van der Waals surface area contributed by atoms with Gasteiger partial charge in [-0.3, -0.25) is 14.4 Å². The summed E-state index contributed by atoms with van der Waals surface area (Å²) in [5.41, 5.74) is 3.05. The van der Waals surface area contributed by atoms with Gasteiger partial charge in [0.05, 0.1) is 16.8 Å². The molecule has 0 spiro atoms. The van der Waals surface area contributed by atoms with E-state index in [2.05, 4.69) is 27.2 Å². The van der Waals surface area contributed by atoms with Gasteiger partial charge in [0.1, 0.15) is 23.7 Å². The van der Waals surface area contributed by atoms with Crippen LogP contribution in [-0.2, 0) is 14.4 Å². The Morgan fingerprint density at radius 2 is 1.73 bits per heavy atom. The number of nitrogens with one attached hydrogen (secondary N) is 3. The number of ether oxygens (including phenoxy) is 1. The smallest absolute Gasteiger partial charge is 0.278 e. The normalized spacial score (nSPS) is 26.0. The van der Waals surface area contributed by atoms with E-state index in [0.29, 0.717) is 23.8 Å². The molecule has 1 saturated carbocycles. The number of allylic oxidation sites excluding steroid dienone is 1. The zero-order valence-electron chi connectivity index (χ0n) is 26.5.